The zero-order valence-corrected chi connectivity index (χ0v) is 12.6. The van der Waals surface area contributed by atoms with Gasteiger partial charge in [0, 0.05) is 36.8 Å². The van der Waals surface area contributed by atoms with Gasteiger partial charge < -0.3 is 10.1 Å². The molecule has 0 aliphatic carbocycles. The molecule has 1 aromatic heterocycles. The quantitative estimate of drug-likeness (QED) is 0.854. The Bertz CT molecular complexity index is 639. The van der Waals surface area contributed by atoms with E-state index in [4.69, 9.17) is 4.74 Å². The van der Waals surface area contributed by atoms with Crippen LogP contribution in [0.5, 0.6) is 0 Å². The molecule has 1 aliphatic heterocycles. The molecule has 2 aromatic rings. The van der Waals surface area contributed by atoms with Crippen LogP contribution >= 0.6 is 0 Å². The maximum Gasteiger partial charge on any atom is 0.251 e. The van der Waals surface area contributed by atoms with Gasteiger partial charge in [0.25, 0.3) is 5.91 Å². The Morgan fingerprint density at radius 1 is 1.27 bits per heavy atom. The van der Waals surface area contributed by atoms with Crippen LogP contribution in [0.3, 0.4) is 0 Å². The Hall–Kier alpha value is -1.98. The first kappa shape index (κ1) is 14.9. The second-order valence-corrected chi connectivity index (χ2v) is 5.47. The summed E-state index contributed by atoms with van der Waals surface area (Å²) in [5, 5.41) is 4.03. The van der Waals surface area contributed by atoms with Crippen LogP contribution in [0.25, 0.3) is 10.9 Å². The van der Waals surface area contributed by atoms with E-state index in [-0.39, 0.29) is 5.91 Å². The summed E-state index contributed by atoms with van der Waals surface area (Å²) in [6, 6.07) is 9.51. The number of fused-ring (bicyclic) bond motifs is 1. The molecule has 0 saturated carbocycles. The predicted molar refractivity (Wildman–Crippen MR) is 86.0 cm³/mol. The molecule has 5 heteroatoms. The van der Waals surface area contributed by atoms with E-state index in [1.54, 1.807) is 6.20 Å². The second-order valence-electron chi connectivity index (χ2n) is 5.47. The molecule has 0 bridgehead atoms. The SMILES string of the molecule is O=C(NCCCN1CCOCC1)c1ccc2cccnc2c1. The first-order valence-corrected chi connectivity index (χ1v) is 7.76. The average Bonchev–Trinajstić information content (AvgIpc) is 2.59. The third-order valence-corrected chi connectivity index (χ3v) is 3.91. The number of hydrogen-bond donors (Lipinski definition) is 1. The molecule has 0 atom stereocenters. The van der Waals surface area contributed by atoms with Gasteiger partial charge in [-0.3, -0.25) is 14.7 Å². The highest BCUT2D eigenvalue weighted by atomic mass is 16.5. The lowest BCUT2D eigenvalue weighted by atomic mass is 10.1. The number of ether oxygens (including phenoxy) is 1. The fourth-order valence-corrected chi connectivity index (χ4v) is 2.64. The molecular weight excluding hydrogens is 278 g/mol. The summed E-state index contributed by atoms with van der Waals surface area (Å²) in [6.07, 6.45) is 2.70. The standard InChI is InChI=1S/C17H21N3O2/c21-17(19-7-2-8-20-9-11-22-12-10-20)15-5-4-14-3-1-6-18-16(14)13-15/h1,3-6,13H,2,7-12H2,(H,19,21). The Kier molecular flexibility index (Phi) is 4.98. The van der Waals surface area contributed by atoms with Crippen LogP contribution in [0, 0.1) is 0 Å². The molecule has 1 saturated heterocycles. The number of amides is 1. The van der Waals surface area contributed by atoms with E-state index in [1.807, 2.05) is 30.3 Å². The maximum atomic E-state index is 12.2. The van der Waals surface area contributed by atoms with Crippen molar-refractivity contribution < 1.29 is 9.53 Å². The molecule has 1 aliphatic rings. The van der Waals surface area contributed by atoms with Crippen molar-refractivity contribution in [1.82, 2.24) is 15.2 Å². The van der Waals surface area contributed by atoms with Crippen LogP contribution in [0.2, 0.25) is 0 Å². The Balaban J connectivity index is 1.48. The normalized spacial score (nSPS) is 15.8. The van der Waals surface area contributed by atoms with Gasteiger partial charge >= 0.3 is 0 Å². The van der Waals surface area contributed by atoms with Crippen LogP contribution in [-0.4, -0.2) is 55.2 Å². The zero-order chi connectivity index (χ0) is 15.2. The van der Waals surface area contributed by atoms with Gasteiger partial charge in [-0.05, 0) is 31.2 Å². The molecular formula is C17H21N3O2. The molecule has 5 nitrogen and oxygen atoms in total. The molecule has 1 amide bonds. The van der Waals surface area contributed by atoms with Crippen molar-refractivity contribution in [2.24, 2.45) is 0 Å². The Morgan fingerprint density at radius 2 is 2.14 bits per heavy atom. The number of nitrogens with one attached hydrogen (secondary N) is 1. The summed E-state index contributed by atoms with van der Waals surface area (Å²) in [4.78, 5) is 18.8. The van der Waals surface area contributed by atoms with Crippen molar-refractivity contribution in [2.75, 3.05) is 39.4 Å². The number of morpholine rings is 1. The molecule has 1 N–H and O–H groups in total. The van der Waals surface area contributed by atoms with E-state index in [1.165, 1.54) is 0 Å². The van der Waals surface area contributed by atoms with Crippen LogP contribution in [0.15, 0.2) is 36.5 Å². The Morgan fingerprint density at radius 3 is 3.00 bits per heavy atom. The van der Waals surface area contributed by atoms with Crippen molar-refractivity contribution in [3.05, 3.63) is 42.1 Å². The number of nitrogens with zero attached hydrogens (tertiary/aromatic N) is 2. The van der Waals surface area contributed by atoms with Gasteiger partial charge in [-0.2, -0.15) is 0 Å². The van der Waals surface area contributed by atoms with Crippen molar-refractivity contribution in [3.63, 3.8) is 0 Å². The fraction of sp³-hybridized carbons (Fsp3) is 0.412. The largest absolute Gasteiger partial charge is 0.379 e. The Labute approximate surface area is 130 Å². The van der Waals surface area contributed by atoms with Crippen LogP contribution in [-0.2, 0) is 4.74 Å². The number of hydrogen-bond acceptors (Lipinski definition) is 4. The smallest absolute Gasteiger partial charge is 0.251 e. The molecule has 1 aromatic carbocycles. The van der Waals surface area contributed by atoms with Gasteiger partial charge in [-0.25, -0.2) is 0 Å². The lowest BCUT2D eigenvalue weighted by Crippen LogP contribution is -2.38. The van der Waals surface area contributed by atoms with Gasteiger partial charge in [-0.15, -0.1) is 0 Å². The van der Waals surface area contributed by atoms with Gasteiger partial charge in [0.15, 0.2) is 0 Å². The molecule has 0 unspecified atom stereocenters. The summed E-state index contributed by atoms with van der Waals surface area (Å²) >= 11 is 0. The number of aromatic nitrogens is 1. The average molecular weight is 299 g/mol. The molecule has 22 heavy (non-hydrogen) atoms. The fourth-order valence-electron chi connectivity index (χ4n) is 2.64. The summed E-state index contributed by atoms with van der Waals surface area (Å²) in [5.74, 6) is -0.0328. The summed E-state index contributed by atoms with van der Waals surface area (Å²) in [7, 11) is 0. The molecule has 3 rings (SSSR count). The number of carbonyl (C=O) groups is 1. The molecule has 0 spiro atoms. The molecule has 2 heterocycles. The molecule has 1 fully saturated rings. The first-order valence-electron chi connectivity index (χ1n) is 7.76. The summed E-state index contributed by atoms with van der Waals surface area (Å²) < 4.78 is 5.32. The third-order valence-electron chi connectivity index (χ3n) is 3.91. The topological polar surface area (TPSA) is 54.5 Å². The molecule has 116 valence electrons. The first-order chi connectivity index (χ1) is 10.8. The number of benzene rings is 1. The highest BCUT2D eigenvalue weighted by Gasteiger charge is 2.10. The van der Waals surface area contributed by atoms with Crippen LogP contribution in [0.1, 0.15) is 16.8 Å². The minimum atomic E-state index is -0.0328. The lowest BCUT2D eigenvalue weighted by Gasteiger charge is -2.26. The van der Waals surface area contributed by atoms with E-state index in [0.717, 1.165) is 50.2 Å². The highest BCUT2D eigenvalue weighted by molar-refractivity contribution is 5.97. The van der Waals surface area contributed by atoms with E-state index in [0.29, 0.717) is 12.1 Å². The van der Waals surface area contributed by atoms with Crippen LogP contribution < -0.4 is 5.32 Å². The summed E-state index contributed by atoms with van der Waals surface area (Å²) in [6.45, 7) is 5.31. The molecule has 0 radical (unpaired) electrons. The number of rotatable bonds is 5. The lowest BCUT2D eigenvalue weighted by molar-refractivity contribution is 0.0374. The van der Waals surface area contributed by atoms with Crippen molar-refractivity contribution >= 4 is 16.8 Å². The van der Waals surface area contributed by atoms with Crippen molar-refractivity contribution in [2.45, 2.75) is 6.42 Å². The van der Waals surface area contributed by atoms with E-state index >= 15 is 0 Å². The van der Waals surface area contributed by atoms with E-state index < -0.39 is 0 Å². The van der Waals surface area contributed by atoms with Gasteiger partial charge in [0.05, 0.1) is 18.7 Å². The highest BCUT2D eigenvalue weighted by Crippen LogP contribution is 2.13. The van der Waals surface area contributed by atoms with E-state index in [2.05, 4.69) is 15.2 Å². The van der Waals surface area contributed by atoms with Crippen molar-refractivity contribution in [1.29, 1.82) is 0 Å². The maximum absolute atomic E-state index is 12.2. The number of pyridine rings is 1. The minimum Gasteiger partial charge on any atom is -0.379 e. The van der Waals surface area contributed by atoms with Gasteiger partial charge in [0.2, 0.25) is 0 Å². The van der Waals surface area contributed by atoms with Gasteiger partial charge in [-0.1, -0.05) is 12.1 Å². The zero-order valence-electron chi connectivity index (χ0n) is 12.6. The minimum absolute atomic E-state index is 0.0328. The van der Waals surface area contributed by atoms with Gasteiger partial charge in [0.1, 0.15) is 0 Å². The number of carbonyl (C=O) groups excluding carboxylic acids is 1. The third kappa shape index (κ3) is 3.81. The van der Waals surface area contributed by atoms with E-state index in [9.17, 15) is 4.79 Å². The monoisotopic (exact) mass is 299 g/mol. The summed E-state index contributed by atoms with van der Waals surface area (Å²) in [5.41, 5.74) is 1.51. The van der Waals surface area contributed by atoms with Crippen molar-refractivity contribution in [3.8, 4) is 0 Å². The predicted octanol–water partition coefficient (Wildman–Crippen LogP) is 1.69. The second kappa shape index (κ2) is 7.33. The van der Waals surface area contributed by atoms with Crippen LogP contribution in [0.4, 0.5) is 0 Å².